The Morgan fingerprint density at radius 3 is 2.45 bits per heavy atom. The van der Waals surface area contributed by atoms with E-state index >= 15 is 0 Å². The van der Waals surface area contributed by atoms with Crippen molar-refractivity contribution in [2.75, 3.05) is 25.7 Å². The highest BCUT2D eigenvalue weighted by Gasteiger charge is 2.21. The summed E-state index contributed by atoms with van der Waals surface area (Å²) in [4.78, 5) is 2.39. The van der Waals surface area contributed by atoms with Crippen LogP contribution in [0.15, 0.2) is 0 Å². The molecule has 1 aromatic heterocycles. The van der Waals surface area contributed by atoms with E-state index < -0.39 is 0 Å². The summed E-state index contributed by atoms with van der Waals surface area (Å²) in [6.45, 7) is 6.81. The largest absolute Gasteiger partial charge is 0.389 e. The number of methoxy groups -OCH3 is 1. The third-order valence-electron chi connectivity index (χ3n) is 3.48. The third-order valence-corrected chi connectivity index (χ3v) is 3.68. The number of aromatic nitrogens is 2. The lowest BCUT2D eigenvalue weighted by molar-refractivity contribution is 0.183. The first-order valence-electron chi connectivity index (χ1n) is 6.87. The summed E-state index contributed by atoms with van der Waals surface area (Å²) in [5.41, 5.74) is 8.84. The minimum atomic E-state index is 0.166. The summed E-state index contributed by atoms with van der Waals surface area (Å²) >= 11 is 5.23. The van der Waals surface area contributed by atoms with Crippen molar-refractivity contribution in [1.82, 2.24) is 10.2 Å². The fourth-order valence-corrected chi connectivity index (χ4v) is 2.44. The molecule has 1 atom stereocenters. The molecule has 112 valence electrons. The molecule has 1 unspecified atom stereocenters. The molecular formula is C14H24N4OS. The molecule has 0 saturated carbocycles. The third kappa shape index (κ3) is 3.43. The number of nitrogens with zero attached hydrogens (tertiary/aromatic N) is 3. The molecule has 0 aliphatic rings. The lowest BCUT2D eigenvalue weighted by atomic mass is 10.0. The van der Waals surface area contributed by atoms with Crippen LogP contribution in [0.1, 0.15) is 37.6 Å². The summed E-state index contributed by atoms with van der Waals surface area (Å²) < 4.78 is 5.19. The van der Waals surface area contributed by atoms with Gasteiger partial charge in [0.15, 0.2) is 5.82 Å². The number of nitrogens with two attached hydrogens (primary N) is 1. The van der Waals surface area contributed by atoms with Crippen LogP contribution in [0.25, 0.3) is 0 Å². The van der Waals surface area contributed by atoms with Crippen LogP contribution < -0.4 is 10.6 Å². The Hall–Kier alpha value is -1.27. The van der Waals surface area contributed by atoms with Gasteiger partial charge >= 0.3 is 0 Å². The van der Waals surface area contributed by atoms with Crippen molar-refractivity contribution in [3.63, 3.8) is 0 Å². The number of anilines is 1. The first-order chi connectivity index (χ1) is 9.47. The number of likely N-dealkylation sites (N-methyl/N-ethyl adjacent to an activating group) is 1. The summed E-state index contributed by atoms with van der Waals surface area (Å²) in [6, 6.07) is 0.166. The number of thiocarbonyl (C=S) groups is 1. The first-order valence-corrected chi connectivity index (χ1v) is 7.28. The van der Waals surface area contributed by atoms with Gasteiger partial charge in [-0.25, -0.2) is 0 Å². The van der Waals surface area contributed by atoms with Gasteiger partial charge in [-0.05, 0) is 25.3 Å². The SMILES string of the molecule is CCc1nnc(N(C)C(C)COC)c(C(N)=S)c1CC. The number of hydrogen-bond donors (Lipinski definition) is 1. The van der Waals surface area contributed by atoms with Gasteiger partial charge in [-0.15, -0.1) is 5.10 Å². The summed E-state index contributed by atoms with van der Waals surface area (Å²) in [7, 11) is 3.64. The normalized spacial score (nSPS) is 12.2. The Kier molecular flexibility index (Phi) is 6.29. The topological polar surface area (TPSA) is 64.3 Å². The van der Waals surface area contributed by atoms with Crippen LogP contribution in [0.2, 0.25) is 0 Å². The molecule has 0 saturated heterocycles. The second-order valence-corrected chi connectivity index (χ2v) is 5.25. The van der Waals surface area contributed by atoms with Crippen LogP contribution in [-0.2, 0) is 17.6 Å². The van der Waals surface area contributed by atoms with Crippen molar-refractivity contribution >= 4 is 23.0 Å². The smallest absolute Gasteiger partial charge is 0.161 e. The van der Waals surface area contributed by atoms with Gasteiger partial charge in [-0.1, -0.05) is 26.1 Å². The second-order valence-electron chi connectivity index (χ2n) is 4.81. The minimum absolute atomic E-state index is 0.166. The van der Waals surface area contributed by atoms with E-state index in [0.717, 1.165) is 35.5 Å². The summed E-state index contributed by atoms with van der Waals surface area (Å²) in [5.74, 6) is 0.733. The molecule has 6 heteroatoms. The van der Waals surface area contributed by atoms with Crippen molar-refractivity contribution in [3.05, 3.63) is 16.8 Å². The fraction of sp³-hybridized carbons (Fsp3) is 0.643. The molecule has 0 spiro atoms. The van der Waals surface area contributed by atoms with E-state index in [1.54, 1.807) is 7.11 Å². The number of rotatable bonds is 7. The zero-order chi connectivity index (χ0) is 15.3. The second kappa shape index (κ2) is 7.50. The quantitative estimate of drug-likeness (QED) is 0.773. The number of aryl methyl sites for hydroxylation is 1. The van der Waals surface area contributed by atoms with Crippen molar-refractivity contribution in [1.29, 1.82) is 0 Å². The van der Waals surface area contributed by atoms with Crippen molar-refractivity contribution in [3.8, 4) is 0 Å². The minimum Gasteiger partial charge on any atom is -0.389 e. The highest BCUT2D eigenvalue weighted by Crippen LogP contribution is 2.24. The van der Waals surface area contributed by atoms with Crippen LogP contribution >= 0.6 is 12.2 Å². The van der Waals surface area contributed by atoms with Crippen LogP contribution in [0.4, 0.5) is 5.82 Å². The van der Waals surface area contributed by atoms with Gasteiger partial charge in [0.05, 0.1) is 23.9 Å². The van der Waals surface area contributed by atoms with Gasteiger partial charge in [0.1, 0.15) is 4.99 Å². The zero-order valence-electron chi connectivity index (χ0n) is 12.9. The van der Waals surface area contributed by atoms with Crippen LogP contribution in [0, 0.1) is 0 Å². The van der Waals surface area contributed by atoms with E-state index in [-0.39, 0.29) is 6.04 Å². The average Bonchev–Trinajstić information content (AvgIpc) is 2.44. The van der Waals surface area contributed by atoms with E-state index in [1.807, 2.05) is 11.9 Å². The molecular weight excluding hydrogens is 272 g/mol. The van der Waals surface area contributed by atoms with Gasteiger partial charge in [-0.3, -0.25) is 0 Å². The predicted molar refractivity (Wildman–Crippen MR) is 86.4 cm³/mol. The fourth-order valence-electron chi connectivity index (χ4n) is 2.23. The Balaban J connectivity index is 3.36. The molecule has 2 N–H and O–H groups in total. The van der Waals surface area contributed by atoms with E-state index in [1.165, 1.54) is 0 Å². The molecule has 1 aromatic rings. The maximum Gasteiger partial charge on any atom is 0.161 e. The monoisotopic (exact) mass is 296 g/mol. The van der Waals surface area contributed by atoms with E-state index in [2.05, 4.69) is 31.0 Å². The van der Waals surface area contributed by atoms with E-state index in [9.17, 15) is 0 Å². The number of hydrogen-bond acceptors (Lipinski definition) is 5. The number of ether oxygens (including phenoxy) is 1. The Labute approximate surface area is 126 Å². The molecule has 0 aliphatic heterocycles. The highest BCUT2D eigenvalue weighted by molar-refractivity contribution is 7.80. The van der Waals surface area contributed by atoms with Crippen LogP contribution in [-0.4, -0.2) is 42.0 Å². The molecule has 0 amide bonds. The molecule has 0 fully saturated rings. The maximum absolute atomic E-state index is 5.93. The summed E-state index contributed by atoms with van der Waals surface area (Å²) in [5, 5.41) is 8.66. The van der Waals surface area contributed by atoms with Gasteiger partial charge in [0.2, 0.25) is 0 Å². The summed E-state index contributed by atoms with van der Waals surface area (Å²) in [6.07, 6.45) is 1.66. The Morgan fingerprint density at radius 1 is 1.35 bits per heavy atom. The molecule has 0 bridgehead atoms. The molecule has 0 aromatic carbocycles. The Bertz CT molecular complexity index is 478. The van der Waals surface area contributed by atoms with Gasteiger partial charge < -0.3 is 15.4 Å². The van der Waals surface area contributed by atoms with E-state index in [0.29, 0.717) is 11.6 Å². The first kappa shape index (κ1) is 16.8. The van der Waals surface area contributed by atoms with Gasteiger partial charge in [-0.2, -0.15) is 5.10 Å². The lowest BCUT2D eigenvalue weighted by Crippen LogP contribution is -2.35. The highest BCUT2D eigenvalue weighted by atomic mass is 32.1. The van der Waals surface area contributed by atoms with Crippen molar-refractivity contribution in [2.45, 2.75) is 39.7 Å². The van der Waals surface area contributed by atoms with Gasteiger partial charge in [0.25, 0.3) is 0 Å². The zero-order valence-corrected chi connectivity index (χ0v) is 13.8. The molecule has 1 heterocycles. The molecule has 20 heavy (non-hydrogen) atoms. The van der Waals surface area contributed by atoms with Crippen molar-refractivity contribution in [2.24, 2.45) is 5.73 Å². The van der Waals surface area contributed by atoms with Crippen molar-refractivity contribution < 1.29 is 4.74 Å². The average molecular weight is 296 g/mol. The van der Waals surface area contributed by atoms with Crippen LogP contribution in [0.5, 0.6) is 0 Å². The molecule has 0 radical (unpaired) electrons. The maximum atomic E-state index is 5.93. The molecule has 0 aliphatic carbocycles. The molecule has 1 rings (SSSR count). The van der Waals surface area contributed by atoms with Gasteiger partial charge in [0, 0.05) is 14.2 Å². The standard InChI is InChI=1S/C14H24N4OS/c1-6-10-11(7-2)16-17-14(12(10)13(15)20)18(4)9(3)8-19-5/h9H,6-8H2,1-5H3,(H2,15,20). The Morgan fingerprint density at radius 2 is 2.00 bits per heavy atom. The lowest BCUT2D eigenvalue weighted by Gasteiger charge is -2.28. The predicted octanol–water partition coefficient (Wildman–Crippen LogP) is 1.71. The molecule has 5 nitrogen and oxygen atoms in total. The van der Waals surface area contributed by atoms with Crippen LogP contribution in [0.3, 0.4) is 0 Å². The van der Waals surface area contributed by atoms with E-state index in [4.69, 9.17) is 22.7 Å².